The molecule has 1 saturated heterocycles. The van der Waals surface area contributed by atoms with Crippen molar-refractivity contribution in [2.75, 3.05) is 59.7 Å². The lowest BCUT2D eigenvalue weighted by molar-refractivity contribution is -0.870. The van der Waals surface area contributed by atoms with Crippen molar-refractivity contribution in [3.63, 3.8) is 0 Å². The maximum absolute atomic E-state index is 12.8. The second-order valence-electron chi connectivity index (χ2n) is 9.72. The Kier molecular flexibility index (Phi) is 11.8. The van der Waals surface area contributed by atoms with E-state index in [1.807, 2.05) is 28.1 Å². The third-order valence-electron chi connectivity index (χ3n) is 4.75. The van der Waals surface area contributed by atoms with Crippen LogP contribution in [0.4, 0.5) is 0 Å². The zero-order valence-electron chi connectivity index (χ0n) is 20.4. The van der Waals surface area contributed by atoms with E-state index >= 15 is 0 Å². The molecule has 2 unspecified atom stereocenters. The van der Waals surface area contributed by atoms with Gasteiger partial charge in [0.15, 0.2) is 6.10 Å². The van der Waals surface area contributed by atoms with Gasteiger partial charge in [-0.3, -0.25) is 23.4 Å². The number of nitrogens with zero attached hydrogens (tertiary/aromatic N) is 1. The summed E-state index contributed by atoms with van der Waals surface area (Å²) < 4.78 is 28.5. The van der Waals surface area contributed by atoms with Gasteiger partial charge >= 0.3 is 13.8 Å². The standard InChI is InChI=1S/C20H38N3O8PS/c1-15-13-17(25)31-18(19(26)22-8-7-16(24)21-9-12-33-15)20(2,3)14-30-32(27,28)29-11-10-23(4,5)6/h15,18H,7-14H2,1-6H3,(H2-,21,22,24,26,27,28)/p+1/t15?,18-/m0/s1. The summed E-state index contributed by atoms with van der Waals surface area (Å²) >= 11 is 1.51. The van der Waals surface area contributed by atoms with Gasteiger partial charge in [-0.15, -0.1) is 0 Å². The number of hydrogen-bond acceptors (Lipinski definition) is 8. The molecule has 0 aromatic heterocycles. The number of hydrogen-bond donors (Lipinski definition) is 3. The lowest BCUT2D eigenvalue weighted by Crippen LogP contribution is -2.49. The Labute approximate surface area is 200 Å². The summed E-state index contributed by atoms with van der Waals surface area (Å²) in [6.45, 7) is 5.70. The van der Waals surface area contributed by atoms with Gasteiger partial charge in [0, 0.05) is 35.9 Å². The number of phosphoric ester groups is 1. The van der Waals surface area contributed by atoms with Gasteiger partial charge in [0.05, 0.1) is 34.2 Å². The van der Waals surface area contributed by atoms with E-state index in [4.69, 9.17) is 13.8 Å². The van der Waals surface area contributed by atoms with Crippen LogP contribution in [0.15, 0.2) is 0 Å². The molecule has 13 heteroatoms. The highest BCUT2D eigenvalue weighted by Gasteiger charge is 2.41. The highest BCUT2D eigenvalue weighted by molar-refractivity contribution is 7.99. The van der Waals surface area contributed by atoms with E-state index in [0.717, 1.165) is 0 Å². The van der Waals surface area contributed by atoms with E-state index in [1.165, 1.54) is 11.8 Å². The summed E-state index contributed by atoms with van der Waals surface area (Å²) in [6, 6.07) is 0. The van der Waals surface area contributed by atoms with Crippen molar-refractivity contribution < 1.29 is 42.1 Å². The van der Waals surface area contributed by atoms with Crippen LogP contribution in [-0.2, 0) is 32.7 Å². The molecule has 0 aliphatic carbocycles. The summed E-state index contributed by atoms with van der Waals surface area (Å²) in [6.07, 6.45) is -1.14. The van der Waals surface area contributed by atoms with E-state index in [-0.39, 0.29) is 43.8 Å². The molecule has 1 rings (SSSR count). The maximum atomic E-state index is 12.8. The molecule has 1 fully saturated rings. The van der Waals surface area contributed by atoms with Crippen molar-refractivity contribution >= 4 is 37.4 Å². The maximum Gasteiger partial charge on any atom is 0.472 e. The molecule has 0 saturated carbocycles. The number of carbonyl (C=O) groups excluding carboxylic acids is 3. The minimum absolute atomic E-state index is 0.00816. The Hall–Kier alpha value is -1.17. The van der Waals surface area contributed by atoms with Crippen LogP contribution in [0.1, 0.15) is 33.6 Å². The van der Waals surface area contributed by atoms with Crippen molar-refractivity contribution in [1.82, 2.24) is 10.6 Å². The third kappa shape index (κ3) is 12.8. The number of ether oxygens (including phenoxy) is 1. The van der Waals surface area contributed by atoms with Crippen molar-refractivity contribution in [3.05, 3.63) is 0 Å². The number of rotatable bonds is 8. The van der Waals surface area contributed by atoms with Gasteiger partial charge in [-0.25, -0.2) is 4.57 Å². The molecule has 33 heavy (non-hydrogen) atoms. The predicted molar refractivity (Wildman–Crippen MR) is 125 cm³/mol. The second kappa shape index (κ2) is 13.1. The molecule has 0 radical (unpaired) electrons. The Morgan fingerprint density at radius 3 is 2.48 bits per heavy atom. The number of nitrogens with one attached hydrogen (secondary N) is 2. The molecular weight excluding hydrogens is 473 g/mol. The van der Waals surface area contributed by atoms with Gasteiger partial charge in [-0.1, -0.05) is 20.8 Å². The molecule has 0 aromatic rings. The van der Waals surface area contributed by atoms with Crippen LogP contribution in [0.5, 0.6) is 0 Å². The molecule has 0 aromatic carbocycles. The third-order valence-corrected chi connectivity index (χ3v) is 6.89. The number of esters is 1. The summed E-state index contributed by atoms with van der Waals surface area (Å²) in [5.74, 6) is -0.713. The Bertz CT molecular complexity index is 729. The molecule has 1 aliphatic heterocycles. The number of thioether (sulfide) groups is 1. The fourth-order valence-electron chi connectivity index (χ4n) is 2.76. The van der Waals surface area contributed by atoms with Crippen molar-refractivity contribution in [2.24, 2.45) is 5.41 Å². The molecule has 0 bridgehead atoms. The number of cyclic esters (lactones) is 1. The van der Waals surface area contributed by atoms with Gasteiger partial charge in [-0.2, -0.15) is 11.8 Å². The average Bonchev–Trinajstić information content (AvgIpc) is 2.66. The smallest absolute Gasteiger partial charge is 0.452 e. The van der Waals surface area contributed by atoms with E-state index in [2.05, 4.69) is 10.6 Å². The zero-order chi connectivity index (χ0) is 25.3. The Balaban J connectivity index is 2.87. The molecule has 0 spiro atoms. The highest BCUT2D eigenvalue weighted by atomic mass is 32.2. The van der Waals surface area contributed by atoms with Gasteiger partial charge in [0.25, 0.3) is 5.91 Å². The van der Waals surface area contributed by atoms with Gasteiger partial charge in [0.1, 0.15) is 13.2 Å². The first-order chi connectivity index (χ1) is 15.1. The van der Waals surface area contributed by atoms with Crippen LogP contribution in [0.3, 0.4) is 0 Å². The number of phosphoric acid groups is 1. The monoisotopic (exact) mass is 512 g/mol. The number of amides is 2. The SMILES string of the molecule is CC1CC(=O)O[C@H](C(C)(C)COP(=O)(O)OCC[N+](C)(C)C)C(=O)NCCC(=O)NCCS1. The first kappa shape index (κ1) is 29.9. The van der Waals surface area contributed by atoms with Crippen LogP contribution in [-0.4, -0.2) is 98.3 Å². The van der Waals surface area contributed by atoms with Gasteiger partial charge in [-0.05, 0) is 0 Å². The fraction of sp³-hybridized carbons (Fsp3) is 0.850. The molecule has 1 heterocycles. The van der Waals surface area contributed by atoms with Crippen molar-refractivity contribution in [1.29, 1.82) is 0 Å². The minimum Gasteiger partial charge on any atom is -0.452 e. The van der Waals surface area contributed by atoms with Gasteiger partial charge < -0.3 is 24.7 Å². The Morgan fingerprint density at radius 2 is 1.85 bits per heavy atom. The number of likely N-dealkylation sites (N-methyl/N-ethyl adjacent to an activating group) is 1. The fourth-order valence-corrected chi connectivity index (χ4v) is 4.52. The molecule has 192 valence electrons. The first-order valence-electron chi connectivity index (χ1n) is 10.9. The zero-order valence-corrected chi connectivity index (χ0v) is 22.1. The van der Waals surface area contributed by atoms with Crippen LogP contribution in [0, 0.1) is 5.41 Å². The van der Waals surface area contributed by atoms with Crippen LogP contribution >= 0.6 is 19.6 Å². The molecule has 11 nitrogen and oxygen atoms in total. The van der Waals surface area contributed by atoms with Crippen LogP contribution in [0.25, 0.3) is 0 Å². The highest BCUT2D eigenvalue weighted by Crippen LogP contribution is 2.45. The first-order valence-corrected chi connectivity index (χ1v) is 13.4. The summed E-state index contributed by atoms with van der Waals surface area (Å²) in [5.41, 5.74) is -1.16. The minimum atomic E-state index is -4.38. The van der Waals surface area contributed by atoms with Crippen LogP contribution < -0.4 is 10.6 Å². The number of quaternary nitrogens is 1. The molecule has 3 N–H and O–H groups in total. The summed E-state index contributed by atoms with van der Waals surface area (Å²) in [4.78, 5) is 47.2. The van der Waals surface area contributed by atoms with Crippen LogP contribution in [0.2, 0.25) is 0 Å². The molecule has 3 atom stereocenters. The van der Waals surface area contributed by atoms with Crippen molar-refractivity contribution in [3.8, 4) is 0 Å². The molecule has 2 amide bonds. The lowest BCUT2D eigenvalue weighted by Gasteiger charge is -2.33. The van der Waals surface area contributed by atoms with E-state index in [0.29, 0.717) is 23.3 Å². The quantitative estimate of drug-likeness (QED) is 0.246. The molecular formula is C20H39N3O8PS+. The van der Waals surface area contributed by atoms with E-state index in [1.54, 1.807) is 13.8 Å². The largest absolute Gasteiger partial charge is 0.472 e. The summed E-state index contributed by atoms with van der Waals surface area (Å²) in [7, 11) is 1.37. The summed E-state index contributed by atoms with van der Waals surface area (Å²) in [5, 5.41) is 5.29. The van der Waals surface area contributed by atoms with E-state index in [9.17, 15) is 23.8 Å². The average molecular weight is 513 g/mol. The topological polar surface area (TPSA) is 140 Å². The van der Waals surface area contributed by atoms with E-state index < -0.39 is 31.2 Å². The normalized spacial score (nSPS) is 24.2. The number of carbonyl (C=O) groups is 3. The van der Waals surface area contributed by atoms with Gasteiger partial charge in [0.2, 0.25) is 5.91 Å². The molecule has 1 aliphatic rings. The Morgan fingerprint density at radius 1 is 1.18 bits per heavy atom. The second-order valence-corrected chi connectivity index (χ2v) is 12.7. The lowest BCUT2D eigenvalue weighted by atomic mass is 9.86. The van der Waals surface area contributed by atoms with Crippen molar-refractivity contribution in [2.45, 2.75) is 45.0 Å². The predicted octanol–water partition coefficient (Wildman–Crippen LogP) is 0.912.